The highest BCUT2D eigenvalue weighted by molar-refractivity contribution is 5.81. The van der Waals surface area contributed by atoms with Gasteiger partial charge >= 0.3 is 0 Å². The van der Waals surface area contributed by atoms with Crippen LogP contribution in [0.3, 0.4) is 0 Å². The van der Waals surface area contributed by atoms with E-state index in [1.807, 2.05) is 24.3 Å². The number of anilines is 1. The maximum Gasteiger partial charge on any atom is 0.159 e. The number of hydrogen-bond acceptors (Lipinski definition) is 5. The summed E-state index contributed by atoms with van der Waals surface area (Å²) in [7, 11) is 0. The number of piperazine rings is 1. The molecule has 5 rings (SSSR count). The quantitative estimate of drug-likeness (QED) is 0.544. The summed E-state index contributed by atoms with van der Waals surface area (Å²) in [5, 5.41) is 8.42. The van der Waals surface area contributed by atoms with Crippen LogP contribution in [0.2, 0.25) is 0 Å². The first-order valence-electron chi connectivity index (χ1n) is 10.3. The summed E-state index contributed by atoms with van der Waals surface area (Å²) in [6, 6.07) is 12.1. The van der Waals surface area contributed by atoms with Crippen LogP contribution < -0.4 is 10.2 Å². The van der Waals surface area contributed by atoms with Gasteiger partial charge < -0.3 is 10.2 Å². The number of imidazole rings is 1. The molecule has 1 saturated heterocycles. The van der Waals surface area contributed by atoms with Gasteiger partial charge in [0, 0.05) is 48.7 Å². The lowest BCUT2D eigenvalue weighted by molar-refractivity contribution is 0.404. The van der Waals surface area contributed by atoms with E-state index in [0.717, 1.165) is 30.5 Å². The molecule has 0 spiro atoms. The SMILES string of the molecule is C[C@@H]1CN(c2ccc3nc(-c4ccc(F)c(F)c4)c(-c4ccncc4)n3n2)C[C@H](C)N1. The molecule has 1 aliphatic heterocycles. The van der Waals surface area contributed by atoms with Gasteiger partial charge in [0.25, 0.3) is 0 Å². The van der Waals surface area contributed by atoms with Gasteiger partial charge in [-0.2, -0.15) is 0 Å². The van der Waals surface area contributed by atoms with E-state index in [-0.39, 0.29) is 0 Å². The maximum atomic E-state index is 14.0. The molecule has 0 amide bonds. The van der Waals surface area contributed by atoms with E-state index in [0.29, 0.717) is 34.7 Å². The average Bonchev–Trinajstić information content (AvgIpc) is 3.14. The van der Waals surface area contributed by atoms with Crippen molar-refractivity contribution >= 4 is 11.5 Å². The zero-order chi connectivity index (χ0) is 21.5. The van der Waals surface area contributed by atoms with E-state index in [1.165, 1.54) is 12.1 Å². The van der Waals surface area contributed by atoms with Crippen LogP contribution in [0.1, 0.15) is 13.8 Å². The van der Waals surface area contributed by atoms with Gasteiger partial charge in [-0.05, 0) is 56.3 Å². The van der Waals surface area contributed by atoms with E-state index < -0.39 is 11.6 Å². The van der Waals surface area contributed by atoms with E-state index >= 15 is 0 Å². The van der Waals surface area contributed by atoms with Crippen LogP contribution in [0.5, 0.6) is 0 Å². The summed E-state index contributed by atoms with van der Waals surface area (Å²) in [6.45, 7) is 6.00. The molecular formula is C23H22F2N6. The van der Waals surface area contributed by atoms with Gasteiger partial charge in [-0.15, -0.1) is 5.10 Å². The predicted octanol–water partition coefficient (Wildman–Crippen LogP) is 3.92. The molecular weight excluding hydrogens is 398 g/mol. The lowest BCUT2D eigenvalue weighted by atomic mass is 10.1. The van der Waals surface area contributed by atoms with Crippen LogP contribution in [-0.2, 0) is 0 Å². The zero-order valence-electron chi connectivity index (χ0n) is 17.3. The second-order valence-electron chi connectivity index (χ2n) is 8.01. The Hall–Kier alpha value is -3.39. The molecule has 0 unspecified atom stereocenters. The third kappa shape index (κ3) is 3.63. The fraction of sp³-hybridized carbons (Fsp3) is 0.261. The highest BCUT2D eigenvalue weighted by atomic mass is 19.2. The van der Waals surface area contributed by atoms with Crippen molar-refractivity contribution in [3.05, 3.63) is 66.5 Å². The molecule has 1 aromatic carbocycles. The minimum atomic E-state index is -0.910. The Morgan fingerprint density at radius 3 is 2.35 bits per heavy atom. The van der Waals surface area contributed by atoms with Crippen molar-refractivity contribution in [3.63, 3.8) is 0 Å². The number of fused-ring (bicyclic) bond motifs is 1. The highest BCUT2D eigenvalue weighted by Gasteiger charge is 2.24. The van der Waals surface area contributed by atoms with Crippen molar-refractivity contribution in [3.8, 4) is 22.5 Å². The van der Waals surface area contributed by atoms with Crippen molar-refractivity contribution in [2.45, 2.75) is 25.9 Å². The molecule has 1 fully saturated rings. The molecule has 0 aliphatic carbocycles. The van der Waals surface area contributed by atoms with Crippen molar-refractivity contribution in [2.24, 2.45) is 0 Å². The van der Waals surface area contributed by atoms with Gasteiger partial charge in [0.15, 0.2) is 17.3 Å². The normalized spacial score (nSPS) is 19.2. The number of aromatic nitrogens is 4. The first kappa shape index (κ1) is 19.6. The third-order valence-electron chi connectivity index (χ3n) is 5.49. The Balaban J connectivity index is 1.70. The number of rotatable bonds is 3. The van der Waals surface area contributed by atoms with Gasteiger partial charge in [0.1, 0.15) is 11.5 Å². The molecule has 8 heteroatoms. The summed E-state index contributed by atoms with van der Waals surface area (Å²) >= 11 is 0. The van der Waals surface area contributed by atoms with Crippen molar-refractivity contribution in [1.82, 2.24) is 24.9 Å². The van der Waals surface area contributed by atoms with E-state index in [9.17, 15) is 8.78 Å². The predicted molar refractivity (Wildman–Crippen MR) is 116 cm³/mol. The van der Waals surface area contributed by atoms with Crippen molar-refractivity contribution < 1.29 is 8.78 Å². The average molecular weight is 420 g/mol. The Morgan fingerprint density at radius 2 is 1.65 bits per heavy atom. The highest BCUT2D eigenvalue weighted by Crippen LogP contribution is 2.33. The summed E-state index contributed by atoms with van der Waals surface area (Å²) in [6.07, 6.45) is 3.38. The Labute approximate surface area is 178 Å². The Bertz CT molecular complexity index is 1230. The standard InChI is InChI=1S/C23H22F2N6/c1-14-12-30(13-15(2)27-14)21-6-5-20-28-22(17-3-4-18(24)19(25)11-17)23(31(20)29-21)16-7-9-26-10-8-16/h3-11,14-15,27H,12-13H2,1-2H3/t14-,15+. The molecule has 6 nitrogen and oxygen atoms in total. The molecule has 31 heavy (non-hydrogen) atoms. The van der Waals surface area contributed by atoms with Gasteiger partial charge in [-0.1, -0.05) is 0 Å². The fourth-order valence-electron chi connectivity index (χ4n) is 4.22. The lowest BCUT2D eigenvalue weighted by Crippen LogP contribution is -2.54. The minimum Gasteiger partial charge on any atom is -0.352 e. The van der Waals surface area contributed by atoms with Crippen LogP contribution in [0.25, 0.3) is 28.2 Å². The number of nitrogens with one attached hydrogen (secondary N) is 1. The second-order valence-corrected chi connectivity index (χ2v) is 8.01. The van der Waals surface area contributed by atoms with Gasteiger partial charge in [-0.3, -0.25) is 4.98 Å². The van der Waals surface area contributed by atoms with Crippen LogP contribution in [0.15, 0.2) is 54.9 Å². The molecule has 158 valence electrons. The largest absolute Gasteiger partial charge is 0.352 e. The van der Waals surface area contributed by atoms with Crippen molar-refractivity contribution in [2.75, 3.05) is 18.0 Å². The summed E-state index contributed by atoms with van der Waals surface area (Å²) < 4.78 is 29.3. The molecule has 1 N–H and O–H groups in total. The second kappa shape index (κ2) is 7.70. The number of halogens is 2. The van der Waals surface area contributed by atoms with E-state index in [4.69, 9.17) is 10.1 Å². The van der Waals surface area contributed by atoms with Crippen LogP contribution >= 0.6 is 0 Å². The van der Waals surface area contributed by atoms with Crippen LogP contribution in [0, 0.1) is 11.6 Å². The Morgan fingerprint density at radius 1 is 0.903 bits per heavy atom. The van der Waals surface area contributed by atoms with Gasteiger partial charge in [0.05, 0.1) is 5.69 Å². The smallest absolute Gasteiger partial charge is 0.159 e. The molecule has 0 bridgehead atoms. The number of hydrogen-bond donors (Lipinski definition) is 1. The number of benzene rings is 1. The molecule has 0 saturated carbocycles. The number of nitrogens with zero attached hydrogens (tertiary/aromatic N) is 5. The fourth-order valence-corrected chi connectivity index (χ4v) is 4.22. The topological polar surface area (TPSA) is 58.4 Å². The molecule has 1 aliphatic rings. The molecule has 2 atom stereocenters. The van der Waals surface area contributed by atoms with Crippen LogP contribution in [-0.4, -0.2) is 44.8 Å². The molecule has 4 heterocycles. The lowest BCUT2D eigenvalue weighted by Gasteiger charge is -2.36. The summed E-state index contributed by atoms with van der Waals surface area (Å²) in [4.78, 5) is 11.1. The van der Waals surface area contributed by atoms with Crippen LogP contribution in [0.4, 0.5) is 14.6 Å². The van der Waals surface area contributed by atoms with Gasteiger partial charge in [0.2, 0.25) is 0 Å². The minimum absolute atomic E-state index is 0.349. The number of pyridine rings is 1. The monoisotopic (exact) mass is 420 g/mol. The third-order valence-corrected chi connectivity index (χ3v) is 5.49. The summed E-state index contributed by atoms with van der Waals surface area (Å²) in [5.74, 6) is -0.953. The first-order chi connectivity index (χ1) is 15.0. The zero-order valence-corrected chi connectivity index (χ0v) is 17.3. The Kier molecular flexibility index (Phi) is 4.86. The van der Waals surface area contributed by atoms with Gasteiger partial charge in [-0.25, -0.2) is 18.3 Å². The molecule has 4 aromatic rings. The van der Waals surface area contributed by atoms with E-state index in [1.54, 1.807) is 16.9 Å². The summed E-state index contributed by atoms with van der Waals surface area (Å²) in [5.41, 5.74) is 3.21. The molecule has 0 radical (unpaired) electrons. The molecule has 3 aromatic heterocycles. The van der Waals surface area contributed by atoms with E-state index in [2.05, 4.69) is 29.0 Å². The van der Waals surface area contributed by atoms with Crippen molar-refractivity contribution in [1.29, 1.82) is 0 Å². The first-order valence-corrected chi connectivity index (χ1v) is 10.3. The maximum absolute atomic E-state index is 14.0.